The van der Waals surface area contributed by atoms with Crippen LogP contribution in [0.15, 0.2) is 16.6 Å². The van der Waals surface area contributed by atoms with Crippen LogP contribution >= 0.6 is 27.5 Å². The van der Waals surface area contributed by atoms with Gasteiger partial charge < -0.3 is 5.32 Å². The standard InChI is InChI=1S/C8H7BrClN/c9-7-4-6(10)3-5-1-2-11-8(5)7/h3-4,11H,1-2H2. The van der Waals surface area contributed by atoms with E-state index in [1.54, 1.807) is 0 Å². The maximum atomic E-state index is 5.87. The van der Waals surface area contributed by atoms with Crippen molar-refractivity contribution in [3.63, 3.8) is 0 Å². The van der Waals surface area contributed by atoms with Gasteiger partial charge in [0.1, 0.15) is 0 Å². The predicted molar refractivity (Wildman–Crippen MR) is 51.3 cm³/mol. The minimum Gasteiger partial charge on any atom is -0.384 e. The van der Waals surface area contributed by atoms with Crippen LogP contribution in [0.5, 0.6) is 0 Å². The lowest BCUT2D eigenvalue weighted by molar-refractivity contribution is 1.11. The normalized spacial score (nSPS) is 14.4. The molecule has 0 atom stereocenters. The van der Waals surface area contributed by atoms with Crippen LogP contribution in [-0.4, -0.2) is 6.54 Å². The van der Waals surface area contributed by atoms with Crippen molar-refractivity contribution in [1.82, 2.24) is 0 Å². The van der Waals surface area contributed by atoms with E-state index in [1.807, 2.05) is 12.1 Å². The Kier molecular flexibility index (Phi) is 1.81. The minimum atomic E-state index is 0.805. The summed E-state index contributed by atoms with van der Waals surface area (Å²) in [5.74, 6) is 0. The number of halogens is 2. The highest BCUT2D eigenvalue weighted by Gasteiger charge is 2.13. The summed E-state index contributed by atoms with van der Waals surface area (Å²) in [6, 6.07) is 3.93. The summed E-state index contributed by atoms with van der Waals surface area (Å²) >= 11 is 9.32. The van der Waals surface area contributed by atoms with Crippen LogP contribution in [-0.2, 0) is 6.42 Å². The first-order chi connectivity index (χ1) is 5.27. The second kappa shape index (κ2) is 2.68. The lowest BCUT2D eigenvalue weighted by atomic mass is 10.2. The molecule has 58 valence electrons. The maximum absolute atomic E-state index is 5.87. The monoisotopic (exact) mass is 231 g/mol. The summed E-state index contributed by atoms with van der Waals surface area (Å²) < 4.78 is 1.07. The lowest BCUT2D eigenvalue weighted by Crippen LogP contribution is -1.91. The summed E-state index contributed by atoms with van der Waals surface area (Å²) in [6.45, 7) is 1.02. The molecule has 1 nitrogen and oxygen atoms in total. The molecule has 0 fully saturated rings. The van der Waals surface area contributed by atoms with Crippen molar-refractivity contribution in [3.8, 4) is 0 Å². The Labute approximate surface area is 78.9 Å². The van der Waals surface area contributed by atoms with Crippen LogP contribution in [0.2, 0.25) is 5.02 Å². The molecule has 0 aliphatic carbocycles. The van der Waals surface area contributed by atoms with Gasteiger partial charge in [0.15, 0.2) is 0 Å². The van der Waals surface area contributed by atoms with Crippen molar-refractivity contribution in [2.24, 2.45) is 0 Å². The Morgan fingerprint density at radius 2 is 2.27 bits per heavy atom. The third-order valence-electron chi connectivity index (χ3n) is 1.83. The molecule has 0 saturated heterocycles. The lowest BCUT2D eigenvalue weighted by Gasteiger charge is -2.02. The van der Waals surface area contributed by atoms with Crippen molar-refractivity contribution in [2.45, 2.75) is 6.42 Å². The van der Waals surface area contributed by atoms with Gasteiger partial charge in [0, 0.05) is 16.0 Å². The van der Waals surface area contributed by atoms with E-state index in [-0.39, 0.29) is 0 Å². The molecule has 1 heterocycles. The zero-order valence-corrected chi connectivity index (χ0v) is 8.17. The highest BCUT2D eigenvalue weighted by atomic mass is 79.9. The molecule has 1 N–H and O–H groups in total. The van der Waals surface area contributed by atoms with Crippen molar-refractivity contribution < 1.29 is 0 Å². The smallest absolute Gasteiger partial charge is 0.0519 e. The largest absolute Gasteiger partial charge is 0.384 e. The average molecular weight is 233 g/mol. The van der Waals surface area contributed by atoms with Gasteiger partial charge in [-0.05, 0) is 40.0 Å². The molecule has 0 bridgehead atoms. The van der Waals surface area contributed by atoms with Crippen molar-refractivity contribution >= 4 is 33.2 Å². The average Bonchev–Trinajstić information content (AvgIpc) is 2.34. The molecule has 0 saturated carbocycles. The van der Waals surface area contributed by atoms with E-state index in [4.69, 9.17) is 11.6 Å². The van der Waals surface area contributed by atoms with E-state index in [0.29, 0.717) is 0 Å². The second-order valence-corrected chi connectivity index (χ2v) is 3.89. The van der Waals surface area contributed by atoms with Gasteiger partial charge in [-0.2, -0.15) is 0 Å². The Hall–Kier alpha value is -0.210. The van der Waals surface area contributed by atoms with Crippen LogP contribution in [0, 0.1) is 0 Å². The van der Waals surface area contributed by atoms with Gasteiger partial charge in [-0.25, -0.2) is 0 Å². The fraction of sp³-hybridized carbons (Fsp3) is 0.250. The van der Waals surface area contributed by atoms with Crippen molar-refractivity contribution in [1.29, 1.82) is 0 Å². The highest BCUT2D eigenvalue weighted by molar-refractivity contribution is 9.10. The molecule has 0 spiro atoms. The summed E-state index contributed by atoms with van der Waals surface area (Å²) in [4.78, 5) is 0. The SMILES string of the molecule is Clc1cc(Br)c2c(c1)CCN2. The molecule has 0 aromatic heterocycles. The maximum Gasteiger partial charge on any atom is 0.0519 e. The van der Waals surface area contributed by atoms with Gasteiger partial charge in [-0.3, -0.25) is 0 Å². The Morgan fingerprint density at radius 3 is 3.09 bits per heavy atom. The Balaban J connectivity index is 2.60. The summed E-state index contributed by atoms with van der Waals surface area (Å²) in [7, 11) is 0. The van der Waals surface area contributed by atoms with Gasteiger partial charge in [-0.1, -0.05) is 11.6 Å². The summed E-state index contributed by atoms with van der Waals surface area (Å²) in [5, 5.41) is 4.10. The molecule has 0 amide bonds. The zero-order chi connectivity index (χ0) is 7.84. The molecule has 1 aliphatic heterocycles. The van der Waals surface area contributed by atoms with Gasteiger partial charge in [0.2, 0.25) is 0 Å². The van der Waals surface area contributed by atoms with E-state index >= 15 is 0 Å². The van der Waals surface area contributed by atoms with Crippen molar-refractivity contribution in [2.75, 3.05) is 11.9 Å². The van der Waals surface area contributed by atoms with E-state index in [1.165, 1.54) is 11.3 Å². The molecule has 3 heteroatoms. The molecule has 0 radical (unpaired) electrons. The molecular weight excluding hydrogens is 225 g/mol. The number of hydrogen-bond donors (Lipinski definition) is 1. The molecule has 1 aromatic carbocycles. The first-order valence-electron chi connectivity index (χ1n) is 3.49. The minimum absolute atomic E-state index is 0.805. The third kappa shape index (κ3) is 1.25. The van der Waals surface area contributed by atoms with E-state index in [0.717, 1.165) is 22.5 Å². The van der Waals surface area contributed by atoms with E-state index in [9.17, 15) is 0 Å². The zero-order valence-electron chi connectivity index (χ0n) is 5.82. The summed E-state index contributed by atoms with van der Waals surface area (Å²) in [5.41, 5.74) is 2.51. The number of rotatable bonds is 0. The summed E-state index contributed by atoms with van der Waals surface area (Å²) in [6.07, 6.45) is 1.08. The quantitative estimate of drug-likeness (QED) is 0.725. The van der Waals surface area contributed by atoms with Gasteiger partial charge in [-0.15, -0.1) is 0 Å². The number of hydrogen-bond acceptors (Lipinski definition) is 1. The van der Waals surface area contributed by atoms with Gasteiger partial charge in [0.25, 0.3) is 0 Å². The topological polar surface area (TPSA) is 12.0 Å². The molecule has 11 heavy (non-hydrogen) atoms. The molecule has 1 aliphatic rings. The number of fused-ring (bicyclic) bond motifs is 1. The molecule has 0 unspecified atom stereocenters. The van der Waals surface area contributed by atoms with Crippen LogP contribution in [0.4, 0.5) is 5.69 Å². The van der Waals surface area contributed by atoms with Crippen LogP contribution in [0.1, 0.15) is 5.56 Å². The third-order valence-corrected chi connectivity index (χ3v) is 2.68. The van der Waals surface area contributed by atoms with Gasteiger partial charge in [0.05, 0.1) is 5.69 Å². The van der Waals surface area contributed by atoms with E-state index < -0.39 is 0 Å². The van der Waals surface area contributed by atoms with Crippen molar-refractivity contribution in [3.05, 3.63) is 27.2 Å². The fourth-order valence-corrected chi connectivity index (χ4v) is 2.36. The predicted octanol–water partition coefficient (Wildman–Crippen LogP) is 3.07. The van der Waals surface area contributed by atoms with Gasteiger partial charge >= 0.3 is 0 Å². The molecule has 1 aromatic rings. The van der Waals surface area contributed by atoms with Crippen LogP contribution < -0.4 is 5.32 Å². The fourth-order valence-electron chi connectivity index (χ4n) is 1.34. The number of nitrogens with one attached hydrogen (secondary N) is 1. The Bertz CT molecular complexity index is 298. The number of benzene rings is 1. The molecular formula is C8H7BrClN. The first-order valence-corrected chi connectivity index (χ1v) is 4.66. The number of anilines is 1. The van der Waals surface area contributed by atoms with Crippen LogP contribution in [0.25, 0.3) is 0 Å². The Morgan fingerprint density at radius 1 is 1.45 bits per heavy atom. The first kappa shape index (κ1) is 7.44. The van der Waals surface area contributed by atoms with Crippen LogP contribution in [0.3, 0.4) is 0 Å². The highest BCUT2D eigenvalue weighted by Crippen LogP contribution is 2.33. The molecule has 2 rings (SSSR count). The van der Waals surface area contributed by atoms with E-state index in [2.05, 4.69) is 21.2 Å². The second-order valence-electron chi connectivity index (χ2n) is 2.60.